The highest BCUT2D eigenvalue weighted by atomic mass is 16.6. The van der Waals surface area contributed by atoms with E-state index in [9.17, 15) is 14.4 Å². The van der Waals surface area contributed by atoms with Gasteiger partial charge in [-0.05, 0) is 62.3 Å². The first-order chi connectivity index (χ1) is 12.0. The molecule has 9 nitrogen and oxygen atoms in total. The molecule has 0 atom stereocenters. The zero-order chi connectivity index (χ0) is 21.5. The normalized spacial score (nSPS) is 12.7. The lowest BCUT2D eigenvalue weighted by Crippen LogP contribution is -2.54. The smallest absolute Gasteiger partial charge is 0.323 e. The van der Waals surface area contributed by atoms with Crippen LogP contribution < -0.4 is 10.9 Å². The minimum atomic E-state index is -0.654. The first kappa shape index (κ1) is 25.3. The average molecular weight is 389 g/mol. The van der Waals surface area contributed by atoms with Crippen molar-refractivity contribution in [2.75, 3.05) is 19.6 Å². The highest BCUT2D eigenvalue weighted by Crippen LogP contribution is 2.08. The van der Waals surface area contributed by atoms with Crippen molar-refractivity contribution < 1.29 is 28.6 Å². The highest BCUT2D eigenvalue weighted by molar-refractivity contribution is 5.74. The number of carbonyl (C=O) groups excluding carboxylic acids is 3. The van der Waals surface area contributed by atoms with Gasteiger partial charge in [0.25, 0.3) is 0 Å². The van der Waals surface area contributed by atoms with Crippen molar-refractivity contribution in [3.63, 3.8) is 0 Å². The van der Waals surface area contributed by atoms with Crippen LogP contribution in [0.25, 0.3) is 0 Å². The molecule has 158 valence electrons. The van der Waals surface area contributed by atoms with Crippen LogP contribution in [0.1, 0.15) is 62.3 Å². The zero-order valence-electron chi connectivity index (χ0n) is 18.0. The topological polar surface area (TPSA) is 106 Å². The molecule has 2 N–H and O–H groups in total. The Kier molecular flexibility index (Phi) is 9.37. The minimum absolute atomic E-state index is 0.193. The third-order valence-electron chi connectivity index (χ3n) is 2.38. The summed E-state index contributed by atoms with van der Waals surface area (Å²) in [5.74, 6) is -1.54. The molecular formula is C18H35N3O6. The second-order valence-corrected chi connectivity index (χ2v) is 9.02. The van der Waals surface area contributed by atoms with Gasteiger partial charge >= 0.3 is 17.9 Å². The summed E-state index contributed by atoms with van der Waals surface area (Å²) < 4.78 is 15.7. The average Bonchev–Trinajstić information content (AvgIpc) is 2.35. The van der Waals surface area contributed by atoms with Crippen LogP contribution in [0.5, 0.6) is 0 Å². The van der Waals surface area contributed by atoms with Gasteiger partial charge in [-0.3, -0.25) is 14.4 Å². The van der Waals surface area contributed by atoms with E-state index in [1.807, 2.05) is 0 Å². The summed E-state index contributed by atoms with van der Waals surface area (Å²) in [4.78, 5) is 35.8. The number of hydrazine groups is 2. The Labute approximate surface area is 162 Å². The Bertz CT molecular complexity index is 483. The van der Waals surface area contributed by atoms with E-state index in [2.05, 4.69) is 10.9 Å². The van der Waals surface area contributed by atoms with Crippen molar-refractivity contribution in [1.29, 1.82) is 0 Å². The van der Waals surface area contributed by atoms with E-state index in [0.29, 0.717) is 0 Å². The maximum absolute atomic E-state index is 12.0. The van der Waals surface area contributed by atoms with Gasteiger partial charge in [0, 0.05) is 0 Å². The maximum Gasteiger partial charge on any atom is 0.323 e. The van der Waals surface area contributed by atoms with Gasteiger partial charge in [-0.25, -0.2) is 10.9 Å². The molecular weight excluding hydrogens is 354 g/mol. The summed E-state index contributed by atoms with van der Waals surface area (Å²) in [5, 5.41) is 1.21. The Morgan fingerprint density at radius 2 is 0.926 bits per heavy atom. The van der Waals surface area contributed by atoms with Gasteiger partial charge in [0.1, 0.15) is 36.4 Å². The molecule has 9 heteroatoms. The molecule has 0 amide bonds. The molecule has 0 aliphatic heterocycles. The van der Waals surface area contributed by atoms with E-state index < -0.39 is 34.7 Å². The van der Waals surface area contributed by atoms with Crippen molar-refractivity contribution in [3.05, 3.63) is 0 Å². The lowest BCUT2D eigenvalue weighted by molar-refractivity contribution is -0.163. The number of hydrogen-bond donors (Lipinski definition) is 2. The van der Waals surface area contributed by atoms with E-state index in [1.165, 1.54) is 5.12 Å². The van der Waals surface area contributed by atoms with E-state index >= 15 is 0 Å². The molecule has 0 aromatic carbocycles. The van der Waals surface area contributed by atoms with Crippen LogP contribution in [0.2, 0.25) is 0 Å². The fraction of sp³-hybridized carbons (Fsp3) is 0.833. The predicted octanol–water partition coefficient (Wildman–Crippen LogP) is 1.32. The van der Waals surface area contributed by atoms with Gasteiger partial charge in [-0.15, -0.1) is 0 Å². The molecule has 0 heterocycles. The summed E-state index contributed by atoms with van der Waals surface area (Å²) in [5.41, 5.74) is 3.53. The molecule has 0 fully saturated rings. The Hall–Kier alpha value is -1.71. The molecule has 0 radical (unpaired) electrons. The standard InChI is InChI=1S/C18H35N3O6/c1-16(2,3)25-13(22)10-19-21(12-15(24)27-18(7,8)9)20-11-14(23)26-17(4,5)6/h19-20H,10-12H2,1-9H3. The maximum atomic E-state index is 12.0. The molecule has 0 aliphatic rings. The van der Waals surface area contributed by atoms with Gasteiger partial charge in [0.05, 0.1) is 0 Å². The van der Waals surface area contributed by atoms with Crippen LogP contribution in [0.15, 0.2) is 0 Å². The molecule has 0 aromatic heterocycles. The quantitative estimate of drug-likeness (QED) is 0.361. The van der Waals surface area contributed by atoms with Gasteiger partial charge < -0.3 is 14.2 Å². The fourth-order valence-corrected chi connectivity index (χ4v) is 1.75. The van der Waals surface area contributed by atoms with E-state index in [0.717, 1.165) is 0 Å². The monoisotopic (exact) mass is 389 g/mol. The summed E-state index contributed by atoms with van der Waals surface area (Å²) in [6, 6.07) is 0. The van der Waals surface area contributed by atoms with E-state index in [4.69, 9.17) is 14.2 Å². The molecule has 0 aromatic rings. The lowest BCUT2D eigenvalue weighted by atomic mass is 10.2. The first-order valence-electron chi connectivity index (χ1n) is 8.87. The van der Waals surface area contributed by atoms with Crippen molar-refractivity contribution in [3.8, 4) is 0 Å². The summed E-state index contributed by atoms with van der Waals surface area (Å²) in [7, 11) is 0. The third-order valence-corrected chi connectivity index (χ3v) is 2.38. The summed E-state index contributed by atoms with van der Waals surface area (Å²) in [6.45, 7) is 15.1. The van der Waals surface area contributed by atoms with E-state index in [1.54, 1.807) is 62.3 Å². The number of nitrogens with zero attached hydrogens (tertiary/aromatic N) is 1. The van der Waals surface area contributed by atoms with Crippen LogP contribution in [-0.2, 0) is 28.6 Å². The van der Waals surface area contributed by atoms with Crippen molar-refractivity contribution in [2.24, 2.45) is 0 Å². The second kappa shape index (κ2) is 10.0. The SMILES string of the molecule is CC(C)(C)OC(=O)CNN(CC(=O)OC(C)(C)C)NCC(=O)OC(C)(C)C. The van der Waals surface area contributed by atoms with Gasteiger partial charge in [0.2, 0.25) is 0 Å². The first-order valence-corrected chi connectivity index (χ1v) is 8.87. The van der Waals surface area contributed by atoms with Crippen LogP contribution in [-0.4, -0.2) is 59.5 Å². The van der Waals surface area contributed by atoms with Crippen LogP contribution >= 0.6 is 0 Å². The lowest BCUT2D eigenvalue weighted by Gasteiger charge is -2.27. The minimum Gasteiger partial charge on any atom is -0.459 e. The third kappa shape index (κ3) is 16.2. The van der Waals surface area contributed by atoms with Crippen molar-refractivity contribution in [2.45, 2.75) is 79.1 Å². The van der Waals surface area contributed by atoms with Gasteiger partial charge in [-0.1, -0.05) is 0 Å². The Morgan fingerprint density at radius 3 is 1.22 bits per heavy atom. The molecule has 0 bridgehead atoms. The van der Waals surface area contributed by atoms with Gasteiger partial charge in [-0.2, -0.15) is 5.12 Å². The van der Waals surface area contributed by atoms with Crippen molar-refractivity contribution in [1.82, 2.24) is 16.0 Å². The number of carbonyl (C=O) groups is 3. The summed E-state index contributed by atoms with van der Waals surface area (Å²) in [6.07, 6.45) is 0. The molecule has 27 heavy (non-hydrogen) atoms. The predicted molar refractivity (Wildman–Crippen MR) is 100 cm³/mol. The largest absolute Gasteiger partial charge is 0.459 e. The van der Waals surface area contributed by atoms with Gasteiger partial charge in [0.15, 0.2) is 0 Å². The summed E-state index contributed by atoms with van der Waals surface area (Å²) >= 11 is 0. The zero-order valence-corrected chi connectivity index (χ0v) is 18.0. The number of rotatable bonds is 8. The molecule has 0 saturated heterocycles. The van der Waals surface area contributed by atoms with Crippen LogP contribution in [0.4, 0.5) is 0 Å². The number of hydrogen-bond acceptors (Lipinski definition) is 9. The van der Waals surface area contributed by atoms with Crippen molar-refractivity contribution >= 4 is 17.9 Å². The molecule has 0 aliphatic carbocycles. The van der Waals surface area contributed by atoms with E-state index in [-0.39, 0.29) is 19.6 Å². The Morgan fingerprint density at radius 1 is 0.630 bits per heavy atom. The second-order valence-electron chi connectivity index (χ2n) is 9.02. The molecule has 0 saturated carbocycles. The highest BCUT2D eigenvalue weighted by Gasteiger charge is 2.22. The molecule has 0 spiro atoms. The van der Waals surface area contributed by atoms with Crippen LogP contribution in [0, 0.1) is 0 Å². The number of esters is 3. The van der Waals surface area contributed by atoms with Crippen LogP contribution in [0.3, 0.4) is 0 Å². The Balaban J connectivity index is 4.77. The number of nitrogens with one attached hydrogen (secondary N) is 2. The number of ether oxygens (including phenoxy) is 3. The fourth-order valence-electron chi connectivity index (χ4n) is 1.75. The molecule has 0 rings (SSSR count). The molecule has 0 unspecified atom stereocenters.